The van der Waals surface area contributed by atoms with Gasteiger partial charge in [-0.1, -0.05) is 11.8 Å². The fraction of sp³-hybridized carbons (Fsp3) is 0.500. The Morgan fingerprint density at radius 3 is 2.55 bits per heavy atom. The van der Waals surface area contributed by atoms with Gasteiger partial charge in [0.2, 0.25) is 0 Å². The molecule has 0 aromatic carbocycles. The zero-order valence-electron chi connectivity index (χ0n) is 11.4. The number of thioether (sulfide) groups is 2. The molecule has 6 nitrogen and oxygen atoms in total. The van der Waals surface area contributed by atoms with Gasteiger partial charge in [0.05, 0.1) is 13.2 Å². The van der Waals surface area contributed by atoms with Gasteiger partial charge in [-0.05, 0) is 12.5 Å². The Hall–Kier alpha value is -1.12. The summed E-state index contributed by atoms with van der Waals surface area (Å²) in [7, 11) is 0. The Kier molecular flexibility index (Phi) is 4.23. The van der Waals surface area contributed by atoms with Crippen molar-refractivity contribution in [2.24, 2.45) is 0 Å². The highest BCUT2D eigenvalue weighted by molar-refractivity contribution is 7.98. The number of anilines is 1. The van der Waals surface area contributed by atoms with Gasteiger partial charge >= 0.3 is 0 Å². The molecule has 0 spiro atoms. The van der Waals surface area contributed by atoms with Crippen molar-refractivity contribution in [3.05, 3.63) is 6.33 Å². The second-order valence-corrected chi connectivity index (χ2v) is 5.78. The fourth-order valence-electron chi connectivity index (χ4n) is 2.13. The Labute approximate surface area is 125 Å². The van der Waals surface area contributed by atoms with Crippen molar-refractivity contribution in [3.8, 4) is 0 Å². The van der Waals surface area contributed by atoms with E-state index < -0.39 is 0 Å². The zero-order chi connectivity index (χ0) is 13.9. The molecule has 2 aromatic rings. The Bertz CT molecular complexity index is 618. The summed E-state index contributed by atoms with van der Waals surface area (Å²) in [6.45, 7) is 3.11. The maximum Gasteiger partial charge on any atom is 0.190 e. The summed E-state index contributed by atoms with van der Waals surface area (Å²) in [6, 6.07) is 0. The van der Waals surface area contributed by atoms with Gasteiger partial charge in [0, 0.05) is 13.1 Å². The van der Waals surface area contributed by atoms with E-state index in [4.69, 9.17) is 4.74 Å². The molecule has 1 aliphatic heterocycles. The molecule has 1 fully saturated rings. The Balaban J connectivity index is 2.18. The number of hydrogen-bond donors (Lipinski definition) is 0. The molecular formula is C12H15N5OS2. The minimum absolute atomic E-state index is 0.723. The molecule has 0 radical (unpaired) electrons. The molecule has 0 N–H and O–H groups in total. The molecule has 8 heteroatoms. The third-order valence-corrected chi connectivity index (χ3v) is 4.33. The van der Waals surface area contributed by atoms with Crippen LogP contribution in [-0.4, -0.2) is 58.8 Å². The van der Waals surface area contributed by atoms with Crippen LogP contribution in [0.2, 0.25) is 0 Å². The summed E-state index contributed by atoms with van der Waals surface area (Å²) in [5, 5.41) is 1.64. The van der Waals surface area contributed by atoms with E-state index in [1.54, 1.807) is 18.1 Å². The van der Waals surface area contributed by atoms with Gasteiger partial charge in [-0.25, -0.2) is 19.9 Å². The van der Waals surface area contributed by atoms with Gasteiger partial charge in [-0.15, -0.1) is 11.8 Å². The van der Waals surface area contributed by atoms with E-state index >= 15 is 0 Å². The standard InChI is InChI=1S/C12H15N5OS2/c1-19-11-9-8(13-7-14-11)10(16-12(15-9)20-2)17-3-5-18-6-4-17/h7H,3-6H2,1-2H3. The molecule has 1 aliphatic rings. The molecule has 0 aliphatic carbocycles. The molecule has 3 rings (SSSR count). The lowest BCUT2D eigenvalue weighted by Gasteiger charge is -2.28. The summed E-state index contributed by atoms with van der Waals surface area (Å²) in [5.41, 5.74) is 1.66. The zero-order valence-corrected chi connectivity index (χ0v) is 13.0. The summed E-state index contributed by atoms with van der Waals surface area (Å²) in [5.74, 6) is 0.889. The fourth-order valence-corrected chi connectivity index (χ4v) is 2.98. The first-order valence-corrected chi connectivity index (χ1v) is 8.72. The van der Waals surface area contributed by atoms with Gasteiger partial charge in [-0.2, -0.15) is 0 Å². The maximum absolute atomic E-state index is 5.41. The van der Waals surface area contributed by atoms with Crippen LogP contribution >= 0.6 is 23.5 Å². The van der Waals surface area contributed by atoms with Crippen LogP contribution in [0.3, 0.4) is 0 Å². The average molecular weight is 309 g/mol. The van der Waals surface area contributed by atoms with E-state index in [1.807, 2.05) is 12.5 Å². The summed E-state index contributed by atoms with van der Waals surface area (Å²) in [4.78, 5) is 20.1. The molecule has 0 amide bonds. The van der Waals surface area contributed by atoms with Gasteiger partial charge in [0.25, 0.3) is 0 Å². The minimum atomic E-state index is 0.723. The molecule has 1 saturated heterocycles. The highest BCUT2D eigenvalue weighted by atomic mass is 32.2. The van der Waals surface area contributed by atoms with E-state index in [-0.39, 0.29) is 0 Å². The van der Waals surface area contributed by atoms with Gasteiger partial charge < -0.3 is 9.64 Å². The predicted octanol–water partition coefficient (Wildman–Crippen LogP) is 1.70. The quantitative estimate of drug-likeness (QED) is 0.482. The van der Waals surface area contributed by atoms with Crippen LogP contribution in [-0.2, 0) is 4.74 Å². The first-order chi connectivity index (χ1) is 9.83. The second kappa shape index (κ2) is 6.11. The van der Waals surface area contributed by atoms with E-state index in [0.717, 1.165) is 53.3 Å². The van der Waals surface area contributed by atoms with Crippen LogP contribution in [0.4, 0.5) is 5.82 Å². The van der Waals surface area contributed by atoms with Crippen LogP contribution in [0.25, 0.3) is 11.0 Å². The third kappa shape index (κ3) is 2.55. The van der Waals surface area contributed by atoms with Crippen LogP contribution in [0, 0.1) is 0 Å². The molecule has 20 heavy (non-hydrogen) atoms. The monoisotopic (exact) mass is 309 g/mol. The van der Waals surface area contributed by atoms with Gasteiger partial charge in [-0.3, -0.25) is 0 Å². The average Bonchev–Trinajstić information content (AvgIpc) is 2.54. The summed E-state index contributed by atoms with van der Waals surface area (Å²) >= 11 is 3.12. The third-order valence-electron chi connectivity index (χ3n) is 3.10. The largest absolute Gasteiger partial charge is 0.378 e. The van der Waals surface area contributed by atoms with Crippen LogP contribution in [0.1, 0.15) is 0 Å². The maximum atomic E-state index is 5.41. The summed E-state index contributed by atoms with van der Waals surface area (Å²) < 4.78 is 5.41. The predicted molar refractivity (Wildman–Crippen MR) is 81.7 cm³/mol. The molecule has 0 unspecified atom stereocenters. The number of ether oxygens (including phenoxy) is 1. The van der Waals surface area contributed by atoms with Crippen LogP contribution in [0.5, 0.6) is 0 Å². The molecular weight excluding hydrogens is 294 g/mol. The Morgan fingerprint density at radius 2 is 1.85 bits per heavy atom. The first kappa shape index (κ1) is 13.8. The molecule has 0 saturated carbocycles. The van der Waals surface area contributed by atoms with Gasteiger partial charge in [0.1, 0.15) is 22.4 Å². The van der Waals surface area contributed by atoms with Crippen LogP contribution < -0.4 is 4.90 Å². The molecule has 2 aromatic heterocycles. The van der Waals surface area contributed by atoms with Crippen molar-refractivity contribution in [3.63, 3.8) is 0 Å². The molecule has 0 atom stereocenters. The van der Waals surface area contributed by atoms with E-state index in [0.29, 0.717) is 0 Å². The second-order valence-electron chi connectivity index (χ2n) is 4.21. The SMILES string of the molecule is CSc1nc(N2CCOCC2)c2ncnc(SC)c2n1. The number of fused-ring (bicyclic) bond motifs is 1. The topological polar surface area (TPSA) is 64.0 Å². The van der Waals surface area contributed by atoms with Crippen LogP contribution in [0.15, 0.2) is 16.5 Å². The van der Waals surface area contributed by atoms with Gasteiger partial charge in [0.15, 0.2) is 11.0 Å². The van der Waals surface area contributed by atoms with Crippen molar-refractivity contribution in [2.75, 3.05) is 43.7 Å². The number of aromatic nitrogens is 4. The van der Waals surface area contributed by atoms with Crippen molar-refractivity contribution in [1.29, 1.82) is 0 Å². The highest BCUT2D eigenvalue weighted by Gasteiger charge is 2.19. The minimum Gasteiger partial charge on any atom is -0.378 e. The van der Waals surface area contributed by atoms with E-state index in [2.05, 4.69) is 24.8 Å². The van der Waals surface area contributed by atoms with E-state index in [1.165, 1.54) is 11.8 Å². The normalized spacial score (nSPS) is 15.8. The number of rotatable bonds is 3. The smallest absolute Gasteiger partial charge is 0.190 e. The molecule has 106 valence electrons. The Morgan fingerprint density at radius 1 is 1.05 bits per heavy atom. The number of hydrogen-bond acceptors (Lipinski definition) is 8. The summed E-state index contributed by atoms with van der Waals surface area (Å²) in [6.07, 6.45) is 5.56. The lowest BCUT2D eigenvalue weighted by atomic mass is 10.3. The number of nitrogens with zero attached hydrogens (tertiary/aromatic N) is 5. The highest BCUT2D eigenvalue weighted by Crippen LogP contribution is 2.29. The number of morpholine rings is 1. The molecule has 0 bridgehead atoms. The van der Waals surface area contributed by atoms with E-state index in [9.17, 15) is 0 Å². The first-order valence-electron chi connectivity index (χ1n) is 6.27. The van der Waals surface area contributed by atoms with Crippen molar-refractivity contribution in [2.45, 2.75) is 10.2 Å². The lowest BCUT2D eigenvalue weighted by molar-refractivity contribution is 0.122. The van der Waals surface area contributed by atoms with Crippen molar-refractivity contribution >= 4 is 40.4 Å². The molecule has 3 heterocycles. The lowest BCUT2D eigenvalue weighted by Crippen LogP contribution is -2.37. The van der Waals surface area contributed by atoms with Crippen molar-refractivity contribution < 1.29 is 4.74 Å². The van der Waals surface area contributed by atoms with Crippen molar-refractivity contribution in [1.82, 2.24) is 19.9 Å².